The minimum atomic E-state index is -1.18. The molecule has 4 aromatic rings. The molecular formula is C25H15ClF2N2O5S. The van der Waals surface area contributed by atoms with Crippen molar-refractivity contribution in [3.63, 3.8) is 0 Å². The van der Waals surface area contributed by atoms with Crippen molar-refractivity contribution in [2.45, 2.75) is 6.04 Å². The third-order valence-electron chi connectivity index (χ3n) is 5.69. The molecule has 182 valence electrons. The number of aliphatic hydroxyl groups is 1. The van der Waals surface area contributed by atoms with Gasteiger partial charge in [0.2, 0.25) is 0 Å². The van der Waals surface area contributed by atoms with Crippen LogP contribution in [0.1, 0.15) is 17.2 Å². The van der Waals surface area contributed by atoms with Crippen molar-refractivity contribution < 1.29 is 33.3 Å². The van der Waals surface area contributed by atoms with Gasteiger partial charge in [-0.1, -0.05) is 35.1 Å². The monoisotopic (exact) mass is 528 g/mol. The fourth-order valence-corrected chi connectivity index (χ4v) is 5.24. The zero-order valence-electron chi connectivity index (χ0n) is 18.3. The van der Waals surface area contributed by atoms with Crippen LogP contribution in [0.25, 0.3) is 16.0 Å². The number of Topliss-reactive ketones (excluding diaryl/α,β-unsaturated/α-hetero) is 1. The third kappa shape index (κ3) is 3.84. The lowest BCUT2D eigenvalue weighted by atomic mass is 9.95. The highest BCUT2D eigenvalue weighted by molar-refractivity contribution is 7.22. The number of ether oxygens (including phenoxy) is 1. The van der Waals surface area contributed by atoms with Crippen LogP contribution in [0.3, 0.4) is 0 Å². The van der Waals surface area contributed by atoms with Gasteiger partial charge < -0.3 is 14.9 Å². The molecule has 11 heteroatoms. The normalized spacial score (nSPS) is 17.2. The number of thiazole rings is 1. The van der Waals surface area contributed by atoms with Crippen molar-refractivity contribution in [1.82, 2.24) is 4.98 Å². The molecular weight excluding hydrogens is 514 g/mol. The third-order valence-corrected chi connectivity index (χ3v) is 7.00. The van der Waals surface area contributed by atoms with Crippen molar-refractivity contribution >= 4 is 55.7 Å². The lowest BCUT2D eigenvalue weighted by molar-refractivity contribution is -0.132. The molecule has 1 aliphatic heterocycles. The zero-order valence-corrected chi connectivity index (χ0v) is 19.9. The highest BCUT2D eigenvalue weighted by Crippen LogP contribution is 2.45. The fraction of sp³-hybridized carbons (Fsp3) is 0.0800. The number of phenolic OH excluding ortho intramolecular Hbond substituents is 1. The Morgan fingerprint density at radius 3 is 2.53 bits per heavy atom. The molecule has 1 aromatic heterocycles. The van der Waals surface area contributed by atoms with Crippen molar-refractivity contribution in [3.8, 4) is 11.5 Å². The second kappa shape index (κ2) is 8.89. The van der Waals surface area contributed by atoms with Crippen molar-refractivity contribution in [2.75, 3.05) is 12.0 Å². The minimum Gasteiger partial charge on any atom is -0.508 e. The number of halogens is 3. The largest absolute Gasteiger partial charge is 0.508 e. The maximum Gasteiger partial charge on any atom is 0.301 e. The number of phenols is 1. The number of hydrogen-bond donors (Lipinski definition) is 2. The first-order valence-corrected chi connectivity index (χ1v) is 11.6. The lowest BCUT2D eigenvalue weighted by Crippen LogP contribution is -2.29. The van der Waals surface area contributed by atoms with E-state index in [0.717, 1.165) is 22.3 Å². The van der Waals surface area contributed by atoms with Gasteiger partial charge in [0.05, 0.1) is 28.4 Å². The summed E-state index contributed by atoms with van der Waals surface area (Å²) in [4.78, 5) is 31.7. The summed E-state index contributed by atoms with van der Waals surface area (Å²) in [6.45, 7) is 0. The molecule has 1 amide bonds. The van der Waals surface area contributed by atoms with Crippen LogP contribution in [0.5, 0.6) is 11.5 Å². The van der Waals surface area contributed by atoms with Crippen LogP contribution in [0.4, 0.5) is 13.9 Å². The molecule has 36 heavy (non-hydrogen) atoms. The summed E-state index contributed by atoms with van der Waals surface area (Å²) in [6.07, 6.45) is 0. The van der Waals surface area contributed by atoms with Crippen LogP contribution in [0.15, 0.2) is 60.2 Å². The van der Waals surface area contributed by atoms with Crippen LogP contribution in [0, 0.1) is 11.6 Å². The molecule has 0 bridgehead atoms. The Morgan fingerprint density at radius 1 is 1.11 bits per heavy atom. The lowest BCUT2D eigenvalue weighted by Gasteiger charge is -2.23. The summed E-state index contributed by atoms with van der Waals surface area (Å²) >= 11 is 6.90. The van der Waals surface area contributed by atoms with E-state index in [1.807, 2.05) is 0 Å². The average molecular weight is 529 g/mol. The molecule has 2 N–H and O–H groups in total. The van der Waals surface area contributed by atoms with Gasteiger partial charge in [-0.25, -0.2) is 13.8 Å². The van der Waals surface area contributed by atoms with E-state index in [0.29, 0.717) is 11.6 Å². The molecule has 2 heterocycles. The van der Waals surface area contributed by atoms with E-state index in [1.165, 1.54) is 49.6 Å². The molecule has 1 saturated heterocycles. The van der Waals surface area contributed by atoms with Gasteiger partial charge >= 0.3 is 5.91 Å². The Kier molecular flexibility index (Phi) is 5.85. The summed E-state index contributed by atoms with van der Waals surface area (Å²) < 4.78 is 33.4. The van der Waals surface area contributed by atoms with E-state index >= 15 is 0 Å². The maximum atomic E-state index is 14.3. The van der Waals surface area contributed by atoms with Crippen LogP contribution in [-0.4, -0.2) is 34.0 Å². The number of methoxy groups -OCH3 is 1. The number of rotatable bonds is 4. The summed E-state index contributed by atoms with van der Waals surface area (Å²) in [5.41, 5.74) is 0.0991. The molecule has 1 unspecified atom stereocenters. The van der Waals surface area contributed by atoms with Gasteiger partial charge in [0.15, 0.2) is 10.9 Å². The first kappa shape index (κ1) is 23.7. The molecule has 1 fully saturated rings. The SMILES string of the molecule is COc1cc(/C(O)=C2\C(=O)C(=O)N(c3nc4c(F)cc(F)cc4s3)C2c2ccc(O)cc2)ccc1Cl. The van der Waals surface area contributed by atoms with E-state index in [4.69, 9.17) is 16.3 Å². The number of carbonyl (C=O) groups excluding carboxylic acids is 2. The standard InChI is InChI=1S/C25H15ClF2N2O5S/c1-35-17-8-12(4-7-15(17)26)22(32)19-21(11-2-5-14(31)6-3-11)30(24(34)23(19)33)25-29-20-16(28)9-13(27)10-18(20)36-25/h2-10,21,31-32H,1H3/b22-19+. The number of aliphatic hydroxyl groups excluding tert-OH is 1. The van der Waals surface area contributed by atoms with Gasteiger partial charge in [-0.3, -0.25) is 14.5 Å². The van der Waals surface area contributed by atoms with Crippen LogP contribution < -0.4 is 9.64 Å². The number of aromatic hydroxyl groups is 1. The van der Waals surface area contributed by atoms with Gasteiger partial charge in [0.25, 0.3) is 5.78 Å². The Hall–Kier alpha value is -4.02. The molecule has 0 aliphatic carbocycles. The predicted octanol–water partition coefficient (Wildman–Crippen LogP) is 5.57. The molecule has 5 rings (SSSR count). The van der Waals surface area contributed by atoms with Crippen molar-refractivity contribution in [1.29, 1.82) is 0 Å². The molecule has 7 nitrogen and oxygen atoms in total. The number of carbonyl (C=O) groups is 2. The topological polar surface area (TPSA) is 100.0 Å². The quantitative estimate of drug-likeness (QED) is 0.204. The number of amides is 1. The molecule has 1 atom stereocenters. The summed E-state index contributed by atoms with van der Waals surface area (Å²) in [5, 5.41) is 21.2. The smallest absolute Gasteiger partial charge is 0.301 e. The highest BCUT2D eigenvalue weighted by atomic mass is 35.5. The van der Waals surface area contributed by atoms with E-state index in [9.17, 15) is 28.6 Å². The predicted molar refractivity (Wildman–Crippen MR) is 130 cm³/mol. The fourth-order valence-electron chi connectivity index (χ4n) is 4.01. The second-order valence-corrected chi connectivity index (χ2v) is 9.26. The number of nitrogens with zero attached hydrogens (tertiary/aromatic N) is 2. The van der Waals surface area contributed by atoms with Crippen molar-refractivity contribution in [3.05, 3.63) is 88.0 Å². The summed E-state index contributed by atoms with van der Waals surface area (Å²) in [5.74, 6) is -4.08. The molecule has 1 aliphatic rings. The Labute approximate surface area is 211 Å². The van der Waals surface area contributed by atoms with E-state index < -0.39 is 35.1 Å². The summed E-state index contributed by atoms with van der Waals surface area (Å²) in [7, 11) is 1.38. The number of fused-ring (bicyclic) bond motifs is 1. The Balaban J connectivity index is 1.74. The first-order chi connectivity index (χ1) is 17.2. The molecule has 0 spiro atoms. The van der Waals surface area contributed by atoms with Crippen molar-refractivity contribution in [2.24, 2.45) is 0 Å². The number of ketones is 1. The maximum absolute atomic E-state index is 14.3. The second-order valence-electron chi connectivity index (χ2n) is 7.84. The number of benzene rings is 3. The Bertz CT molecular complexity index is 1590. The summed E-state index contributed by atoms with van der Waals surface area (Å²) in [6, 6.07) is 10.6. The van der Waals surface area contributed by atoms with Crippen LogP contribution >= 0.6 is 22.9 Å². The van der Waals surface area contributed by atoms with E-state index in [-0.39, 0.29) is 43.0 Å². The van der Waals surface area contributed by atoms with E-state index in [1.54, 1.807) is 0 Å². The zero-order chi connectivity index (χ0) is 25.7. The number of aromatic nitrogens is 1. The highest BCUT2D eigenvalue weighted by Gasteiger charge is 2.48. The minimum absolute atomic E-state index is 0.0596. The average Bonchev–Trinajstić information content (AvgIpc) is 3.38. The van der Waals surface area contributed by atoms with Crippen LogP contribution in [0.2, 0.25) is 5.02 Å². The molecule has 0 radical (unpaired) electrons. The molecule has 3 aromatic carbocycles. The first-order valence-electron chi connectivity index (χ1n) is 10.4. The van der Waals surface area contributed by atoms with Crippen LogP contribution in [-0.2, 0) is 9.59 Å². The van der Waals surface area contributed by atoms with Gasteiger partial charge in [-0.2, -0.15) is 0 Å². The number of anilines is 1. The van der Waals surface area contributed by atoms with E-state index in [2.05, 4.69) is 4.98 Å². The van der Waals surface area contributed by atoms with Gasteiger partial charge in [-0.15, -0.1) is 0 Å². The van der Waals surface area contributed by atoms with Gasteiger partial charge in [0.1, 0.15) is 28.6 Å². The Morgan fingerprint density at radius 2 is 1.83 bits per heavy atom. The molecule has 0 saturated carbocycles. The van der Waals surface area contributed by atoms with Gasteiger partial charge in [0, 0.05) is 11.6 Å². The van der Waals surface area contributed by atoms with Gasteiger partial charge in [-0.05, 0) is 42.0 Å². The number of hydrogen-bond acceptors (Lipinski definition) is 7.